The van der Waals surface area contributed by atoms with E-state index < -0.39 is 0 Å². The minimum absolute atomic E-state index is 0.930. The van der Waals surface area contributed by atoms with E-state index >= 15 is 0 Å². The Morgan fingerprint density at radius 2 is 2.11 bits per heavy atom. The molecule has 1 aliphatic rings. The van der Waals surface area contributed by atoms with Gasteiger partial charge in [0.2, 0.25) is 0 Å². The van der Waals surface area contributed by atoms with Crippen LogP contribution in [0.3, 0.4) is 0 Å². The zero-order valence-electron chi connectivity index (χ0n) is 12.4. The first-order valence-corrected chi connectivity index (χ1v) is 7.73. The Labute approximate surface area is 117 Å². The number of piperidine rings is 1. The van der Waals surface area contributed by atoms with E-state index in [4.69, 9.17) is 0 Å². The predicted octanol–water partition coefficient (Wildman–Crippen LogP) is 3.21. The van der Waals surface area contributed by atoms with E-state index in [2.05, 4.69) is 35.1 Å². The minimum atomic E-state index is 0.930. The molecule has 0 bridgehead atoms. The molecule has 1 N–H and O–H groups in total. The number of rotatable bonds is 6. The normalized spacial score (nSPS) is 16.8. The monoisotopic (exact) mass is 261 g/mol. The van der Waals surface area contributed by atoms with Gasteiger partial charge in [-0.15, -0.1) is 0 Å². The van der Waals surface area contributed by atoms with E-state index in [9.17, 15) is 0 Å². The SMILES string of the molecule is CCCNCc1cnccc1N1CCC(CC)CC1. The summed E-state index contributed by atoms with van der Waals surface area (Å²) in [7, 11) is 0. The number of aromatic nitrogens is 1. The van der Waals surface area contributed by atoms with Crippen molar-refractivity contribution in [3.8, 4) is 0 Å². The average molecular weight is 261 g/mol. The lowest BCUT2D eigenvalue weighted by Crippen LogP contribution is -2.34. The lowest BCUT2D eigenvalue weighted by Gasteiger charge is -2.34. The summed E-state index contributed by atoms with van der Waals surface area (Å²) in [6.07, 6.45) is 9.11. The predicted molar refractivity (Wildman–Crippen MR) is 81.5 cm³/mol. The van der Waals surface area contributed by atoms with Crippen molar-refractivity contribution in [1.29, 1.82) is 0 Å². The molecule has 106 valence electrons. The van der Waals surface area contributed by atoms with Gasteiger partial charge in [-0.25, -0.2) is 0 Å². The highest BCUT2D eigenvalue weighted by atomic mass is 15.1. The molecule has 0 unspecified atom stereocenters. The molecule has 2 heterocycles. The van der Waals surface area contributed by atoms with Crippen LogP contribution in [0.25, 0.3) is 0 Å². The van der Waals surface area contributed by atoms with Gasteiger partial charge in [-0.1, -0.05) is 20.3 Å². The summed E-state index contributed by atoms with van der Waals surface area (Å²) in [4.78, 5) is 6.82. The summed E-state index contributed by atoms with van der Waals surface area (Å²) < 4.78 is 0. The zero-order valence-corrected chi connectivity index (χ0v) is 12.4. The molecule has 1 aromatic rings. The van der Waals surface area contributed by atoms with Crippen LogP contribution in [0, 0.1) is 5.92 Å². The molecular weight excluding hydrogens is 234 g/mol. The van der Waals surface area contributed by atoms with Crippen molar-refractivity contribution in [2.45, 2.75) is 46.1 Å². The molecule has 1 saturated heterocycles. The second-order valence-electron chi connectivity index (χ2n) is 5.52. The van der Waals surface area contributed by atoms with E-state index in [1.807, 2.05) is 12.4 Å². The van der Waals surface area contributed by atoms with Crippen molar-refractivity contribution in [3.63, 3.8) is 0 Å². The second-order valence-corrected chi connectivity index (χ2v) is 5.52. The van der Waals surface area contributed by atoms with E-state index in [0.717, 1.165) is 19.0 Å². The molecule has 1 fully saturated rings. The van der Waals surface area contributed by atoms with E-state index in [-0.39, 0.29) is 0 Å². The fourth-order valence-corrected chi connectivity index (χ4v) is 2.85. The highest BCUT2D eigenvalue weighted by molar-refractivity contribution is 5.52. The van der Waals surface area contributed by atoms with E-state index in [1.54, 1.807) is 0 Å². The highest BCUT2D eigenvalue weighted by Crippen LogP contribution is 2.27. The van der Waals surface area contributed by atoms with Crippen LogP contribution in [0.4, 0.5) is 5.69 Å². The molecule has 3 heteroatoms. The van der Waals surface area contributed by atoms with Crippen molar-refractivity contribution < 1.29 is 0 Å². The molecule has 1 aliphatic heterocycles. The van der Waals surface area contributed by atoms with Gasteiger partial charge >= 0.3 is 0 Å². The second kappa shape index (κ2) is 7.49. The molecular formula is C16H27N3. The standard InChI is InChI=1S/C16H27N3/c1-3-8-17-12-15-13-18-9-5-16(15)19-10-6-14(4-2)7-11-19/h5,9,13-14,17H,3-4,6-8,10-12H2,1-2H3. The summed E-state index contributed by atoms with van der Waals surface area (Å²) in [5.41, 5.74) is 2.72. The van der Waals surface area contributed by atoms with Crippen LogP contribution in [-0.2, 0) is 6.54 Å². The van der Waals surface area contributed by atoms with Gasteiger partial charge in [0.25, 0.3) is 0 Å². The lowest BCUT2D eigenvalue weighted by molar-refractivity contribution is 0.394. The van der Waals surface area contributed by atoms with Crippen molar-refractivity contribution in [3.05, 3.63) is 24.0 Å². The fourth-order valence-electron chi connectivity index (χ4n) is 2.85. The largest absolute Gasteiger partial charge is 0.371 e. The molecule has 19 heavy (non-hydrogen) atoms. The Morgan fingerprint density at radius 1 is 1.32 bits per heavy atom. The molecule has 0 aliphatic carbocycles. The van der Waals surface area contributed by atoms with Crippen molar-refractivity contribution in [2.75, 3.05) is 24.5 Å². The number of hydrogen-bond acceptors (Lipinski definition) is 3. The highest BCUT2D eigenvalue weighted by Gasteiger charge is 2.19. The molecule has 0 atom stereocenters. The van der Waals surface area contributed by atoms with Gasteiger partial charge < -0.3 is 10.2 Å². The number of hydrogen-bond donors (Lipinski definition) is 1. The topological polar surface area (TPSA) is 28.2 Å². The summed E-state index contributed by atoms with van der Waals surface area (Å²) in [5.74, 6) is 0.930. The van der Waals surface area contributed by atoms with Crippen LogP contribution >= 0.6 is 0 Å². The zero-order chi connectivity index (χ0) is 13.5. The summed E-state index contributed by atoms with van der Waals surface area (Å²) >= 11 is 0. The third-order valence-electron chi connectivity index (χ3n) is 4.15. The third-order valence-corrected chi connectivity index (χ3v) is 4.15. The van der Waals surface area contributed by atoms with Gasteiger partial charge in [-0.3, -0.25) is 4.98 Å². The first kappa shape index (κ1) is 14.3. The molecule has 0 spiro atoms. The molecule has 1 aromatic heterocycles. The minimum Gasteiger partial charge on any atom is -0.371 e. The maximum absolute atomic E-state index is 4.28. The Kier molecular flexibility index (Phi) is 5.64. The average Bonchev–Trinajstić information content (AvgIpc) is 2.48. The molecule has 0 aromatic carbocycles. The molecule has 0 radical (unpaired) electrons. The van der Waals surface area contributed by atoms with Crippen LogP contribution < -0.4 is 10.2 Å². The van der Waals surface area contributed by atoms with Crippen LogP contribution in [0.15, 0.2) is 18.5 Å². The first-order valence-electron chi connectivity index (χ1n) is 7.73. The van der Waals surface area contributed by atoms with Gasteiger partial charge in [0.1, 0.15) is 0 Å². The Balaban J connectivity index is 1.99. The van der Waals surface area contributed by atoms with Crippen molar-refractivity contribution in [1.82, 2.24) is 10.3 Å². The van der Waals surface area contributed by atoms with Gasteiger partial charge in [0.05, 0.1) is 0 Å². The Bertz CT molecular complexity index is 370. The van der Waals surface area contributed by atoms with Crippen molar-refractivity contribution >= 4 is 5.69 Å². The van der Waals surface area contributed by atoms with E-state index in [0.29, 0.717) is 0 Å². The fraction of sp³-hybridized carbons (Fsp3) is 0.688. The van der Waals surface area contributed by atoms with Gasteiger partial charge in [-0.05, 0) is 37.8 Å². The van der Waals surface area contributed by atoms with Crippen LogP contribution in [0.2, 0.25) is 0 Å². The summed E-state index contributed by atoms with van der Waals surface area (Å²) in [6, 6.07) is 2.18. The Morgan fingerprint density at radius 3 is 2.79 bits per heavy atom. The molecule has 0 amide bonds. The Hall–Kier alpha value is -1.09. The van der Waals surface area contributed by atoms with Gasteiger partial charge in [0.15, 0.2) is 0 Å². The number of nitrogens with zero attached hydrogens (tertiary/aromatic N) is 2. The maximum Gasteiger partial charge on any atom is 0.0442 e. The quantitative estimate of drug-likeness (QED) is 0.797. The van der Waals surface area contributed by atoms with Crippen LogP contribution in [-0.4, -0.2) is 24.6 Å². The lowest BCUT2D eigenvalue weighted by atomic mass is 9.94. The van der Waals surface area contributed by atoms with Gasteiger partial charge in [0, 0.05) is 43.3 Å². The van der Waals surface area contributed by atoms with Crippen molar-refractivity contribution in [2.24, 2.45) is 5.92 Å². The van der Waals surface area contributed by atoms with Gasteiger partial charge in [-0.2, -0.15) is 0 Å². The number of pyridine rings is 1. The van der Waals surface area contributed by atoms with Crippen LogP contribution in [0.5, 0.6) is 0 Å². The molecule has 2 rings (SSSR count). The van der Waals surface area contributed by atoms with E-state index in [1.165, 1.54) is 50.0 Å². The molecule has 0 saturated carbocycles. The first-order chi connectivity index (χ1) is 9.35. The molecule has 3 nitrogen and oxygen atoms in total. The smallest absolute Gasteiger partial charge is 0.0442 e. The summed E-state index contributed by atoms with van der Waals surface area (Å²) in [6.45, 7) is 8.92. The van der Waals surface area contributed by atoms with Crippen LogP contribution in [0.1, 0.15) is 45.1 Å². The number of anilines is 1. The third kappa shape index (κ3) is 3.93. The number of nitrogens with one attached hydrogen (secondary N) is 1. The maximum atomic E-state index is 4.28. The summed E-state index contributed by atoms with van der Waals surface area (Å²) in [5, 5.41) is 3.48.